The Balaban J connectivity index is 1.79. The zero-order chi connectivity index (χ0) is 30.6. The number of aromatic nitrogens is 4. The van der Waals surface area contributed by atoms with Crippen molar-refractivity contribution >= 4 is 51.6 Å². The number of para-hydroxylation sites is 1. The van der Waals surface area contributed by atoms with E-state index in [2.05, 4.69) is 32.2 Å². The van der Waals surface area contributed by atoms with Crippen molar-refractivity contribution in [1.82, 2.24) is 24.4 Å². The smallest absolute Gasteiger partial charge is 0.422 e. The zero-order valence-corrected chi connectivity index (χ0v) is 24.2. The van der Waals surface area contributed by atoms with Crippen molar-refractivity contribution in [2.45, 2.75) is 6.18 Å². The minimum atomic E-state index is -4.62. The molecule has 3 heterocycles. The quantitative estimate of drug-likeness (QED) is 0.217. The maximum absolute atomic E-state index is 13.2. The number of hydrogen-bond acceptors (Lipinski definition) is 8. The van der Waals surface area contributed by atoms with E-state index in [0.717, 1.165) is 22.5 Å². The zero-order valence-electron chi connectivity index (χ0n) is 23.5. The molecule has 0 saturated heterocycles. The Bertz CT molecular complexity index is 1610. The van der Waals surface area contributed by atoms with Gasteiger partial charge in [-0.2, -0.15) is 18.2 Å². The summed E-state index contributed by atoms with van der Waals surface area (Å²) in [5.41, 5.74) is 2.32. The van der Waals surface area contributed by atoms with Crippen LogP contribution in [0.25, 0.3) is 22.2 Å². The van der Waals surface area contributed by atoms with Gasteiger partial charge in [0.05, 0.1) is 22.6 Å². The third kappa shape index (κ3) is 7.28. The predicted octanol–water partition coefficient (Wildman–Crippen LogP) is 5.49. The van der Waals surface area contributed by atoms with Gasteiger partial charge < -0.3 is 29.7 Å². The number of nitrogens with zero attached hydrogens (tertiary/aromatic N) is 6. The van der Waals surface area contributed by atoms with E-state index in [9.17, 15) is 18.0 Å². The standard InChI is InChI=1S/C28H30ClF3N8O2/c1-6-23(41)34-20-13-21(26(42-16-28(30,31)32)37-25(20)39(4)12-11-38(2)3)35-27-33-14-19(29)24(36-27)18-15-40(5)22-10-8-7-9-17(18)22/h6-10,13-15H,1,11-12,16H2,2-5H3,(H,34,41)(H,33,35,36). The molecule has 0 atom stereocenters. The Hall–Kier alpha value is -4.36. The first-order chi connectivity index (χ1) is 19.9. The molecule has 1 aromatic carbocycles. The Morgan fingerprint density at radius 3 is 2.60 bits per heavy atom. The number of rotatable bonds is 11. The van der Waals surface area contributed by atoms with Crippen LogP contribution < -0.4 is 20.3 Å². The summed E-state index contributed by atoms with van der Waals surface area (Å²) < 4.78 is 46.6. The first kappa shape index (κ1) is 30.6. The lowest BCUT2D eigenvalue weighted by Gasteiger charge is -2.25. The lowest BCUT2D eigenvalue weighted by molar-refractivity contribution is -0.153. The van der Waals surface area contributed by atoms with Gasteiger partial charge in [-0.1, -0.05) is 36.4 Å². The maximum Gasteiger partial charge on any atom is 0.422 e. The van der Waals surface area contributed by atoms with Crippen LogP contribution in [0, 0.1) is 0 Å². The van der Waals surface area contributed by atoms with E-state index in [0.29, 0.717) is 18.8 Å². The van der Waals surface area contributed by atoms with Gasteiger partial charge in [0.2, 0.25) is 17.7 Å². The highest BCUT2D eigenvalue weighted by Crippen LogP contribution is 2.37. The molecule has 14 heteroatoms. The summed E-state index contributed by atoms with van der Waals surface area (Å²) in [6.07, 6.45) is -0.279. The van der Waals surface area contributed by atoms with Gasteiger partial charge in [-0.25, -0.2) is 9.97 Å². The monoisotopic (exact) mass is 602 g/mol. The third-order valence-electron chi connectivity index (χ3n) is 6.17. The number of alkyl halides is 3. The average Bonchev–Trinajstić information content (AvgIpc) is 3.27. The van der Waals surface area contributed by atoms with Crippen molar-refractivity contribution in [2.75, 3.05) is 56.4 Å². The third-order valence-corrected chi connectivity index (χ3v) is 6.45. The van der Waals surface area contributed by atoms with Crippen molar-refractivity contribution in [3.8, 4) is 17.1 Å². The fraction of sp³-hybridized carbons (Fsp3) is 0.286. The van der Waals surface area contributed by atoms with Crippen LogP contribution in [0.1, 0.15) is 0 Å². The highest BCUT2D eigenvalue weighted by Gasteiger charge is 2.30. The second kappa shape index (κ2) is 12.7. The minimum Gasteiger partial charge on any atom is -0.466 e. The SMILES string of the molecule is C=CC(=O)Nc1cc(Nc2ncc(Cl)c(-c3cn(C)c4ccccc34)n2)c(OCC(F)(F)F)nc1N(C)CCN(C)C. The molecule has 3 aromatic heterocycles. The number of fused-ring (bicyclic) bond motifs is 1. The summed E-state index contributed by atoms with van der Waals surface area (Å²) in [5, 5.41) is 6.75. The molecule has 0 unspecified atom stereocenters. The Morgan fingerprint density at radius 1 is 1.17 bits per heavy atom. The number of anilines is 4. The van der Waals surface area contributed by atoms with Crippen LogP contribution in [-0.2, 0) is 11.8 Å². The Morgan fingerprint density at radius 2 is 1.90 bits per heavy atom. The summed E-state index contributed by atoms with van der Waals surface area (Å²) in [6.45, 7) is 2.95. The molecule has 0 saturated carbocycles. The topological polar surface area (TPSA) is 100 Å². The van der Waals surface area contributed by atoms with E-state index in [1.54, 1.807) is 11.9 Å². The van der Waals surface area contributed by atoms with Crippen molar-refractivity contribution < 1.29 is 22.7 Å². The molecule has 10 nitrogen and oxygen atoms in total. The molecule has 222 valence electrons. The summed E-state index contributed by atoms with van der Waals surface area (Å²) in [7, 11) is 7.36. The van der Waals surface area contributed by atoms with Crippen molar-refractivity contribution in [3.63, 3.8) is 0 Å². The van der Waals surface area contributed by atoms with Crippen LogP contribution in [0.3, 0.4) is 0 Å². The fourth-order valence-electron chi connectivity index (χ4n) is 4.13. The van der Waals surface area contributed by atoms with Gasteiger partial charge in [0.25, 0.3) is 0 Å². The first-order valence-corrected chi connectivity index (χ1v) is 13.1. The van der Waals surface area contributed by atoms with Gasteiger partial charge in [-0.3, -0.25) is 4.79 Å². The molecule has 42 heavy (non-hydrogen) atoms. The van der Waals surface area contributed by atoms with E-state index in [-0.39, 0.29) is 34.0 Å². The lowest BCUT2D eigenvalue weighted by Crippen LogP contribution is -2.30. The molecule has 4 aromatic rings. The first-order valence-electron chi connectivity index (χ1n) is 12.7. The lowest BCUT2D eigenvalue weighted by atomic mass is 10.1. The van der Waals surface area contributed by atoms with Crippen LogP contribution in [0.2, 0.25) is 5.02 Å². The van der Waals surface area contributed by atoms with E-state index >= 15 is 0 Å². The van der Waals surface area contributed by atoms with E-state index in [1.165, 1.54) is 12.3 Å². The Kier molecular flexibility index (Phi) is 9.22. The van der Waals surface area contributed by atoms with Crippen LogP contribution in [0.5, 0.6) is 5.88 Å². The molecule has 2 N–H and O–H groups in total. The summed E-state index contributed by atoms with van der Waals surface area (Å²) in [4.78, 5) is 29.0. The van der Waals surface area contributed by atoms with E-state index < -0.39 is 18.7 Å². The minimum absolute atomic E-state index is 0.00503. The predicted molar refractivity (Wildman–Crippen MR) is 159 cm³/mol. The normalized spacial score (nSPS) is 11.5. The second-order valence-electron chi connectivity index (χ2n) is 9.72. The van der Waals surface area contributed by atoms with E-state index in [4.69, 9.17) is 16.3 Å². The number of halogens is 4. The van der Waals surface area contributed by atoms with Gasteiger partial charge in [0.1, 0.15) is 5.69 Å². The summed E-state index contributed by atoms with van der Waals surface area (Å²) >= 11 is 6.49. The Labute approximate surface area is 245 Å². The average molecular weight is 603 g/mol. The number of carbonyl (C=O) groups is 1. The van der Waals surface area contributed by atoms with Gasteiger partial charge in [-0.05, 0) is 32.3 Å². The summed E-state index contributed by atoms with van der Waals surface area (Å²) in [6, 6.07) is 9.12. The van der Waals surface area contributed by atoms with Crippen LogP contribution in [0.15, 0.2) is 55.4 Å². The number of nitrogens with one attached hydrogen (secondary N) is 2. The van der Waals surface area contributed by atoms with Crippen LogP contribution >= 0.6 is 11.6 Å². The molecule has 0 radical (unpaired) electrons. The largest absolute Gasteiger partial charge is 0.466 e. The molecule has 0 aliphatic heterocycles. The summed E-state index contributed by atoms with van der Waals surface area (Å²) in [5.74, 6) is -0.671. The number of pyridine rings is 1. The van der Waals surface area contributed by atoms with Gasteiger partial charge >= 0.3 is 6.18 Å². The maximum atomic E-state index is 13.2. The number of ether oxygens (including phenoxy) is 1. The van der Waals surface area contributed by atoms with Crippen molar-refractivity contribution in [3.05, 3.63) is 60.4 Å². The molecular weight excluding hydrogens is 573 g/mol. The molecule has 0 aliphatic rings. The number of hydrogen-bond donors (Lipinski definition) is 2. The molecule has 4 rings (SSSR count). The molecule has 0 aliphatic carbocycles. The number of aryl methyl sites for hydroxylation is 1. The van der Waals surface area contributed by atoms with E-state index in [1.807, 2.05) is 61.1 Å². The number of likely N-dealkylation sites (N-methyl/N-ethyl adjacent to an activating group) is 2. The highest BCUT2D eigenvalue weighted by molar-refractivity contribution is 6.33. The molecule has 1 amide bonds. The van der Waals surface area contributed by atoms with Gasteiger partial charge in [-0.15, -0.1) is 0 Å². The molecule has 0 fully saturated rings. The highest BCUT2D eigenvalue weighted by atomic mass is 35.5. The molecule has 0 bridgehead atoms. The van der Waals surface area contributed by atoms with Gasteiger partial charge in [0.15, 0.2) is 12.4 Å². The molecular formula is C28H30ClF3N8O2. The number of carbonyl (C=O) groups excluding carboxylic acids is 1. The fourth-order valence-corrected chi connectivity index (χ4v) is 4.32. The van der Waals surface area contributed by atoms with Crippen molar-refractivity contribution in [2.24, 2.45) is 7.05 Å². The second-order valence-corrected chi connectivity index (χ2v) is 10.1. The molecule has 0 spiro atoms. The van der Waals surface area contributed by atoms with Crippen LogP contribution in [0.4, 0.5) is 36.3 Å². The van der Waals surface area contributed by atoms with Crippen LogP contribution in [-0.4, -0.2) is 77.3 Å². The number of amides is 1. The van der Waals surface area contributed by atoms with Gasteiger partial charge in [0, 0.05) is 49.8 Å². The number of benzene rings is 1. The van der Waals surface area contributed by atoms with Crippen molar-refractivity contribution in [1.29, 1.82) is 0 Å².